The predicted octanol–water partition coefficient (Wildman–Crippen LogP) is 1.41. The molecular weight excluding hydrogens is 234 g/mol. The summed E-state index contributed by atoms with van der Waals surface area (Å²) < 4.78 is 10.1. The van der Waals surface area contributed by atoms with E-state index in [-0.39, 0.29) is 5.56 Å². The van der Waals surface area contributed by atoms with Crippen LogP contribution in [0.3, 0.4) is 0 Å². The molecule has 5 nitrogen and oxygen atoms in total. The molecule has 0 spiro atoms. The summed E-state index contributed by atoms with van der Waals surface area (Å²) in [4.78, 5) is 23.5. The van der Waals surface area contributed by atoms with Crippen LogP contribution in [0.4, 0.5) is 0 Å². The molecule has 0 aliphatic carbocycles. The number of hydrogen-bond donors (Lipinski definition) is 1. The zero-order valence-corrected chi connectivity index (χ0v) is 10.8. The quantitative estimate of drug-likeness (QED) is 0.613. The predicted molar refractivity (Wildman–Crippen MR) is 67.2 cm³/mol. The van der Waals surface area contributed by atoms with Gasteiger partial charge < -0.3 is 14.8 Å². The molecule has 98 valence electrons. The third-order valence-corrected chi connectivity index (χ3v) is 2.40. The topological polar surface area (TPSA) is 64.6 Å². The van der Waals surface area contributed by atoms with Crippen molar-refractivity contribution in [1.82, 2.24) is 5.32 Å². The van der Waals surface area contributed by atoms with Gasteiger partial charge in [0.05, 0.1) is 19.8 Å². The average molecular weight is 251 g/mol. The molecule has 0 heterocycles. The van der Waals surface area contributed by atoms with Crippen LogP contribution >= 0.6 is 0 Å². The number of Topliss-reactive ketones (excluding diaryl/α,β-unsaturated/α-hetero) is 1. The maximum absolute atomic E-state index is 11.9. The standard InChI is InChI=1S/C13H17NO4/c1-4-7-14-13(16)12(15)10-6-5-9(17-2)8-11(10)18-3/h5-6,8H,4,7H2,1-3H3,(H,14,16). The normalized spacial score (nSPS) is 9.72. The molecular formula is C13H17NO4. The highest BCUT2D eigenvalue weighted by Crippen LogP contribution is 2.24. The molecule has 1 aromatic rings. The first-order chi connectivity index (χ1) is 8.63. The molecule has 0 unspecified atom stereocenters. The minimum absolute atomic E-state index is 0.229. The maximum Gasteiger partial charge on any atom is 0.292 e. The minimum atomic E-state index is -0.625. The van der Waals surface area contributed by atoms with Crippen LogP contribution in [-0.4, -0.2) is 32.5 Å². The Balaban J connectivity index is 2.94. The maximum atomic E-state index is 11.9. The molecule has 1 rings (SSSR count). The Labute approximate surface area is 106 Å². The lowest BCUT2D eigenvalue weighted by molar-refractivity contribution is -0.117. The SMILES string of the molecule is CCCNC(=O)C(=O)c1ccc(OC)cc1OC. The number of carbonyl (C=O) groups excluding carboxylic acids is 2. The largest absolute Gasteiger partial charge is 0.497 e. The van der Waals surface area contributed by atoms with Gasteiger partial charge in [-0.05, 0) is 18.6 Å². The lowest BCUT2D eigenvalue weighted by Gasteiger charge is -2.09. The number of amides is 1. The number of carbonyl (C=O) groups is 2. The monoisotopic (exact) mass is 251 g/mol. The molecule has 0 fully saturated rings. The number of hydrogen-bond acceptors (Lipinski definition) is 4. The van der Waals surface area contributed by atoms with Crippen LogP contribution in [0, 0.1) is 0 Å². The van der Waals surface area contributed by atoms with Crippen LogP contribution in [0.25, 0.3) is 0 Å². The third-order valence-electron chi connectivity index (χ3n) is 2.40. The fourth-order valence-electron chi connectivity index (χ4n) is 1.43. The van der Waals surface area contributed by atoms with Gasteiger partial charge in [-0.2, -0.15) is 0 Å². The van der Waals surface area contributed by atoms with E-state index in [1.165, 1.54) is 20.3 Å². The molecule has 1 aromatic carbocycles. The highest BCUT2D eigenvalue weighted by atomic mass is 16.5. The van der Waals surface area contributed by atoms with Gasteiger partial charge in [-0.1, -0.05) is 6.92 Å². The Bertz CT molecular complexity index is 443. The van der Waals surface area contributed by atoms with Crippen LogP contribution in [0.15, 0.2) is 18.2 Å². The third kappa shape index (κ3) is 3.23. The van der Waals surface area contributed by atoms with Gasteiger partial charge in [0.1, 0.15) is 11.5 Å². The van der Waals surface area contributed by atoms with Crippen molar-refractivity contribution < 1.29 is 19.1 Å². The molecule has 0 atom stereocenters. The summed E-state index contributed by atoms with van der Waals surface area (Å²) in [6.45, 7) is 2.39. The van der Waals surface area contributed by atoms with Crippen LogP contribution in [0.5, 0.6) is 11.5 Å². The van der Waals surface area contributed by atoms with Crippen molar-refractivity contribution in [2.24, 2.45) is 0 Å². The van der Waals surface area contributed by atoms with Crippen molar-refractivity contribution >= 4 is 11.7 Å². The second-order valence-corrected chi connectivity index (χ2v) is 3.65. The highest BCUT2D eigenvalue weighted by molar-refractivity contribution is 6.43. The fourth-order valence-corrected chi connectivity index (χ4v) is 1.43. The molecule has 18 heavy (non-hydrogen) atoms. The van der Waals surface area contributed by atoms with Crippen LogP contribution in [0.2, 0.25) is 0 Å². The van der Waals surface area contributed by atoms with E-state index in [4.69, 9.17) is 9.47 Å². The second kappa shape index (κ2) is 6.64. The Morgan fingerprint density at radius 2 is 1.94 bits per heavy atom. The summed E-state index contributed by atoms with van der Waals surface area (Å²) in [5.41, 5.74) is 0.229. The van der Waals surface area contributed by atoms with E-state index in [9.17, 15) is 9.59 Å². The van der Waals surface area contributed by atoms with E-state index in [1.54, 1.807) is 12.1 Å². The van der Waals surface area contributed by atoms with Gasteiger partial charge in [0.15, 0.2) is 0 Å². The molecule has 0 aliphatic heterocycles. The van der Waals surface area contributed by atoms with E-state index in [0.29, 0.717) is 18.0 Å². The minimum Gasteiger partial charge on any atom is -0.497 e. The van der Waals surface area contributed by atoms with E-state index < -0.39 is 11.7 Å². The molecule has 0 saturated heterocycles. The molecule has 0 aliphatic rings. The zero-order valence-electron chi connectivity index (χ0n) is 10.8. The van der Waals surface area contributed by atoms with E-state index in [0.717, 1.165) is 6.42 Å². The first kappa shape index (κ1) is 14.0. The lowest BCUT2D eigenvalue weighted by Crippen LogP contribution is -2.31. The number of benzene rings is 1. The number of ketones is 1. The van der Waals surface area contributed by atoms with Crippen molar-refractivity contribution in [3.05, 3.63) is 23.8 Å². The average Bonchev–Trinajstić information content (AvgIpc) is 2.43. The van der Waals surface area contributed by atoms with Crippen LogP contribution < -0.4 is 14.8 Å². The number of rotatable bonds is 6. The highest BCUT2D eigenvalue weighted by Gasteiger charge is 2.20. The Morgan fingerprint density at radius 1 is 1.22 bits per heavy atom. The molecule has 0 radical (unpaired) electrons. The van der Waals surface area contributed by atoms with Gasteiger partial charge in [0.25, 0.3) is 11.7 Å². The van der Waals surface area contributed by atoms with Crippen LogP contribution in [-0.2, 0) is 4.79 Å². The molecule has 0 aromatic heterocycles. The Hall–Kier alpha value is -2.04. The van der Waals surface area contributed by atoms with Gasteiger partial charge >= 0.3 is 0 Å². The summed E-state index contributed by atoms with van der Waals surface area (Å²) in [7, 11) is 2.96. The van der Waals surface area contributed by atoms with Gasteiger partial charge in [0.2, 0.25) is 0 Å². The Kier molecular flexibility index (Phi) is 5.17. The fraction of sp³-hybridized carbons (Fsp3) is 0.385. The summed E-state index contributed by atoms with van der Waals surface area (Å²) in [5.74, 6) is -0.341. The summed E-state index contributed by atoms with van der Waals surface area (Å²) >= 11 is 0. The molecule has 1 N–H and O–H groups in total. The number of ether oxygens (including phenoxy) is 2. The van der Waals surface area contributed by atoms with Gasteiger partial charge in [-0.15, -0.1) is 0 Å². The molecule has 1 amide bonds. The molecule has 0 bridgehead atoms. The van der Waals surface area contributed by atoms with Gasteiger partial charge in [-0.25, -0.2) is 0 Å². The van der Waals surface area contributed by atoms with Crippen molar-refractivity contribution in [2.45, 2.75) is 13.3 Å². The smallest absolute Gasteiger partial charge is 0.292 e. The second-order valence-electron chi connectivity index (χ2n) is 3.65. The first-order valence-electron chi connectivity index (χ1n) is 5.68. The van der Waals surface area contributed by atoms with Gasteiger partial charge in [-0.3, -0.25) is 9.59 Å². The van der Waals surface area contributed by atoms with Crippen molar-refractivity contribution in [2.75, 3.05) is 20.8 Å². The van der Waals surface area contributed by atoms with Crippen LogP contribution in [0.1, 0.15) is 23.7 Å². The van der Waals surface area contributed by atoms with E-state index in [1.807, 2.05) is 6.92 Å². The Morgan fingerprint density at radius 3 is 2.50 bits per heavy atom. The van der Waals surface area contributed by atoms with Crippen molar-refractivity contribution in [3.8, 4) is 11.5 Å². The van der Waals surface area contributed by atoms with E-state index in [2.05, 4.69) is 5.32 Å². The summed E-state index contributed by atoms with van der Waals surface area (Å²) in [5, 5.41) is 2.54. The number of methoxy groups -OCH3 is 2. The summed E-state index contributed by atoms with van der Waals surface area (Å²) in [6.07, 6.45) is 0.777. The van der Waals surface area contributed by atoms with E-state index >= 15 is 0 Å². The van der Waals surface area contributed by atoms with Gasteiger partial charge in [0, 0.05) is 12.6 Å². The van der Waals surface area contributed by atoms with Crippen molar-refractivity contribution in [1.29, 1.82) is 0 Å². The zero-order chi connectivity index (χ0) is 13.5. The molecule has 5 heteroatoms. The van der Waals surface area contributed by atoms with Crippen molar-refractivity contribution in [3.63, 3.8) is 0 Å². The lowest BCUT2D eigenvalue weighted by atomic mass is 10.1. The molecule has 0 saturated carbocycles. The number of nitrogens with one attached hydrogen (secondary N) is 1. The first-order valence-corrected chi connectivity index (χ1v) is 5.68. The summed E-state index contributed by atoms with van der Waals surface area (Å²) in [6, 6.07) is 4.70.